The van der Waals surface area contributed by atoms with E-state index in [2.05, 4.69) is 4.72 Å². The van der Waals surface area contributed by atoms with Crippen LogP contribution in [0.15, 0.2) is 38.5 Å². The number of rotatable bonds is 5. The zero-order chi connectivity index (χ0) is 14.0. The van der Waals surface area contributed by atoms with Crippen LogP contribution in [0.4, 0.5) is 0 Å². The summed E-state index contributed by atoms with van der Waals surface area (Å²) in [5, 5.41) is 10.1. The van der Waals surface area contributed by atoms with Crippen molar-refractivity contribution in [1.82, 2.24) is 4.72 Å². The molecule has 0 spiro atoms. The van der Waals surface area contributed by atoms with Crippen molar-refractivity contribution in [3.05, 3.63) is 41.2 Å². The van der Waals surface area contributed by atoms with Gasteiger partial charge in [-0.3, -0.25) is 0 Å². The lowest BCUT2D eigenvalue weighted by atomic mass is 10.3. The first-order chi connectivity index (χ1) is 8.90. The highest BCUT2D eigenvalue weighted by Crippen LogP contribution is 2.23. The van der Waals surface area contributed by atoms with Crippen LogP contribution in [-0.2, 0) is 10.0 Å². The number of carboxylic acid groups (broad SMARTS) is 1. The summed E-state index contributed by atoms with van der Waals surface area (Å²) in [7, 11) is -3.75. The number of carbonyl (C=O) groups is 1. The molecular weight excluding hydrogens is 290 g/mol. The molecule has 0 aliphatic carbocycles. The molecule has 102 valence electrons. The van der Waals surface area contributed by atoms with Crippen molar-refractivity contribution in [2.24, 2.45) is 0 Å². The number of sulfonamides is 1. The molecule has 0 fully saturated rings. The molecule has 0 unspecified atom stereocenters. The first kappa shape index (κ1) is 13.8. The molecule has 2 N–H and O–H groups in total. The van der Waals surface area contributed by atoms with Gasteiger partial charge in [-0.25, -0.2) is 17.9 Å². The SMILES string of the molecule is C[C@H](NS(=O)(=O)c1cc(C(=O)O)cs1)c1ccco1. The van der Waals surface area contributed by atoms with E-state index < -0.39 is 22.0 Å². The minimum atomic E-state index is -3.75. The molecule has 8 heteroatoms. The maximum Gasteiger partial charge on any atom is 0.336 e. The van der Waals surface area contributed by atoms with Gasteiger partial charge in [0.25, 0.3) is 10.0 Å². The Kier molecular flexibility index (Phi) is 3.74. The predicted octanol–water partition coefficient (Wildman–Crippen LogP) is 2.08. The summed E-state index contributed by atoms with van der Waals surface area (Å²) in [5.74, 6) is -0.671. The van der Waals surface area contributed by atoms with Gasteiger partial charge < -0.3 is 9.52 Å². The molecule has 0 aliphatic rings. The second-order valence-electron chi connectivity index (χ2n) is 3.82. The van der Waals surface area contributed by atoms with Crippen LogP contribution in [0.1, 0.15) is 29.1 Å². The smallest absolute Gasteiger partial charge is 0.336 e. The average Bonchev–Trinajstić information content (AvgIpc) is 3.00. The van der Waals surface area contributed by atoms with E-state index >= 15 is 0 Å². The van der Waals surface area contributed by atoms with Crippen LogP contribution in [0.3, 0.4) is 0 Å². The van der Waals surface area contributed by atoms with Crippen LogP contribution in [0.2, 0.25) is 0 Å². The van der Waals surface area contributed by atoms with Crippen molar-refractivity contribution in [1.29, 1.82) is 0 Å². The normalized spacial score (nSPS) is 13.3. The third kappa shape index (κ3) is 3.03. The van der Waals surface area contributed by atoms with Crippen molar-refractivity contribution in [2.45, 2.75) is 17.2 Å². The third-order valence-electron chi connectivity index (χ3n) is 2.39. The number of aromatic carboxylic acids is 1. The molecule has 2 aromatic rings. The summed E-state index contributed by atoms with van der Waals surface area (Å²) in [4.78, 5) is 10.7. The van der Waals surface area contributed by atoms with Crippen LogP contribution in [0.5, 0.6) is 0 Å². The predicted molar refractivity (Wildman–Crippen MR) is 68.7 cm³/mol. The number of hydrogen-bond donors (Lipinski definition) is 2. The minimum Gasteiger partial charge on any atom is -0.478 e. The van der Waals surface area contributed by atoms with E-state index in [4.69, 9.17) is 9.52 Å². The molecule has 0 aliphatic heterocycles. The van der Waals surface area contributed by atoms with Crippen molar-refractivity contribution >= 4 is 27.3 Å². The lowest BCUT2D eigenvalue weighted by molar-refractivity contribution is 0.0697. The van der Waals surface area contributed by atoms with Crippen LogP contribution in [-0.4, -0.2) is 19.5 Å². The maximum absolute atomic E-state index is 12.0. The van der Waals surface area contributed by atoms with Crippen molar-refractivity contribution < 1.29 is 22.7 Å². The fourth-order valence-corrected chi connectivity index (χ4v) is 3.84. The standard InChI is InChI=1S/C11H11NO5S2/c1-7(9-3-2-4-17-9)12-19(15,16)10-5-8(6-18-10)11(13)14/h2-7,12H,1H3,(H,13,14)/t7-/m0/s1. The second-order valence-corrected chi connectivity index (χ2v) is 6.67. The highest BCUT2D eigenvalue weighted by atomic mass is 32.2. The molecule has 1 atom stereocenters. The summed E-state index contributed by atoms with van der Waals surface area (Å²) in [6.45, 7) is 1.64. The maximum atomic E-state index is 12.0. The number of hydrogen-bond acceptors (Lipinski definition) is 5. The van der Waals surface area contributed by atoms with Gasteiger partial charge in [-0.2, -0.15) is 0 Å². The Morgan fingerprint density at radius 3 is 2.79 bits per heavy atom. The monoisotopic (exact) mass is 301 g/mol. The van der Waals surface area contributed by atoms with Crippen LogP contribution in [0.25, 0.3) is 0 Å². The highest BCUT2D eigenvalue weighted by Gasteiger charge is 2.22. The number of nitrogens with one attached hydrogen (secondary N) is 1. The van der Waals surface area contributed by atoms with Gasteiger partial charge in [-0.15, -0.1) is 11.3 Å². The van der Waals surface area contributed by atoms with E-state index in [1.165, 1.54) is 11.6 Å². The van der Waals surface area contributed by atoms with Gasteiger partial charge in [-0.05, 0) is 25.1 Å². The van der Waals surface area contributed by atoms with Gasteiger partial charge in [0.1, 0.15) is 9.97 Å². The number of thiophene rings is 1. The Morgan fingerprint density at radius 2 is 2.26 bits per heavy atom. The number of carboxylic acids is 1. The molecule has 0 aromatic carbocycles. The van der Waals surface area contributed by atoms with Gasteiger partial charge in [0.05, 0.1) is 17.9 Å². The molecule has 0 saturated heterocycles. The first-order valence-electron chi connectivity index (χ1n) is 5.28. The van der Waals surface area contributed by atoms with E-state index in [1.807, 2.05) is 0 Å². The van der Waals surface area contributed by atoms with Gasteiger partial charge in [0, 0.05) is 5.38 Å². The van der Waals surface area contributed by atoms with Gasteiger partial charge in [0.2, 0.25) is 0 Å². The van der Waals surface area contributed by atoms with E-state index in [1.54, 1.807) is 19.1 Å². The summed E-state index contributed by atoms with van der Waals surface area (Å²) >= 11 is 0.862. The summed E-state index contributed by atoms with van der Waals surface area (Å²) < 4.78 is 31.6. The molecule has 2 aromatic heterocycles. The Labute approximate surface area is 113 Å². The average molecular weight is 301 g/mol. The fraction of sp³-hybridized carbons (Fsp3) is 0.182. The zero-order valence-corrected chi connectivity index (χ0v) is 11.5. The molecule has 0 bridgehead atoms. The molecular formula is C11H11NO5S2. The third-order valence-corrected chi connectivity index (χ3v) is 5.37. The zero-order valence-electron chi connectivity index (χ0n) is 9.86. The molecule has 6 nitrogen and oxygen atoms in total. The van der Waals surface area contributed by atoms with E-state index in [0.717, 1.165) is 17.4 Å². The summed E-state index contributed by atoms with van der Waals surface area (Å²) in [6.07, 6.45) is 1.45. The quantitative estimate of drug-likeness (QED) is 0.881. The van der Waals surface area contributed by atoms with Crippen molar-refractivity contribution in [3.8, 4) is 0 Å². The lowest BCUT2D eigenvalue weighted by Crippen LogP contribution is -2.25. The first-order valence-corrected chi connectivity index (χ1v) is 7.64. The highest BCUT2D eigenvalue weighted by molar-refractivity contribution is 7.91. The molecule has 0 amide bonds. The molecule has 19 heavy (non-hydrogen) atoms. The van der Waals surface area contributed by atoms with E-state index in [-0.39, 0.29) is 9.77 Å². The molecule has 2 heterocycles. The van der Waals surface area contributed by atoms with Gasteiger partial charge >= 0.3 is 5.97 Å². The van der Waals surface area contributed by atoms with Crippen LogP contribution >= 0.6 is 11.3 Å². The fourth-order valence-electron chi connectivity index (χ4n) is 1.46. The Hall–Kier alpha value is -1.64. The topological polar surface area (TPSA) is 96.6 Å². The van der Waals surface area contributed by atoms with Crippen molar-refractivity contribution in [2.75, 3.05) is 0 Å². The Morgan fingerprint density at radius 1 is 1.53 bits per heavy atom. The van der Waals surface area contributed by atoms with Gasteiger partial charge in [0.15, 0.2) is 0 Å². The van der Waals surface area contributed by atoms with Crippen molar-refractivity contribution in [3.63, 3.8) is 0 Å². The molecule has 2 rings (SSSR count). The lowest BCUT2D eigenvalue weighted by Gasteiger charge is -2.10. The molecule has 0 saturated carbocycles. The van der Waals surface area contributed by atoms with Gasteiger partial charge in [-0.1, -0.05) is 0 Å². The largest absolute Gasteiger partial charge is 0.478 e. The Bertz CT molecular complexity index is 672. The van der Waals surface area contributed by atoms with E-state index in [9.17, 15) is 13.2 Å². The molecule has 0 radical (unpaired) electrons. The van der Waals surface area contributed by atoms with Crippen LogP contribution < -0.4 is 4.72 Å². The van der Waals surface area contributed by atoms with E-state index in [0.29, 0.717) is 5.76 Å². The Balaban J connectivity index is 2.20. The minimum absolute atomic E-state index is 0.0386. The number of furan rings is 1. The summed E-state index contributed by atoms with van der Waals surface area (Å²) in [6, 6.07) is 3.91. The second kappa shape index (κ2) is 5.16. The summed E-state index contributed by atoms with van der Waals surface area (Å²) in [5.41, 5.74) is -0.0453. The van der Waals surface area contributed by atoms with Crippen LogP contribution in [0, 0.1) is 0 Å².